The van der Waals surface area contributed by atoms with E-state index in [0.29, 0.717) is 6.04 Å². The number of hydrogen-bond donors (Lipinski definition) is 1. The first-order valence-corrected chi connectivity index (χ1v) is 6.87. The van der Waals surface area contributed by atoms with Crippen molar-refractivity contribution in [2.24, 2.45) is 0 Å². The summed E-state index contributed by atoms with van der Waals surface area (Å²) < 4.78 is 1.88. The fraction of sp³-hybridized carbons (Fsp3) is 0.467. The lowest BCUT2D eigenvalue weighted by Gasteiger charge is -2.17. The van der Waals surface area contributed by atoms with Gasteiger partial charge >= 0.3 is 0 Å². The zero-order chi connectivity index (χ0) is 13.7. The summed E-state index contributed by atoms with van der Waals surface area (Å²) in [6.45, 7) is 9.26. The van der Waals surface area contributed by atoms with Gasteiger partial charge in [0.1, 0.15) is 0 Å². The van der Waals surface area contributed by atoms with Gasteiger partial charge in [0.15, 0.2) is 0 Å². The van der Waals surface area contributed by atoms with Gasteiger partial charge in [-0.05, 0) is 32.7 Å². The molecule has 0 fully saturated rings. The lowest BCUT2D eigenvalue weighted by atomic mass is 10.0. The molecule has 2 heterocycles. The molecule has 1 N–H and O–H groups in total. The first-order valence-electron chi connectivity index (χ1n) is 6.87. The number of hydrogen-bond acceptors (Lipinski definition) is 3. The number of allylic oxidation sites excluding steroid dienone is 1. The third kappa shape index (κ3) is 3.41. The van der Waals surface area contributed by atoms with Gasteiger partial charge < -0.3 is 5.32 Å². The van der Waals surface area contributed by atoms with Gasteiger partial charge in [0, 0.05) is 24.0 Å². The van der Waals surface area contributed by atoms with Gasteiger partial charge in [-0.25, -0.2) is 4.52 Å². The standard InChI is InChI=1S/C15H22N4/c1-4-7-17-14(6-5-12(2)3)13-10-18-19-9-8-16-11-15(13)19/h8-11,14,17H,2,4-7H2,1,3H3. The predicted octanol–water partition coefficient (Wildman–Crippen LogP) is 3.13. The normalized spacial score (nSPS) is 12.7. The third-order valence-corrected chi connectivity index (χ3v) is 3.23. The van der Waals surface area contributed by atoms with Crippen molar-refractivity contribution in [3.63, 3.8) is 0 Å². The van der Waals surface area contributed by atoms with Crippen LogP contribution in [0.4, 0.5) is 0 Å². The van der Waals surface area contributed by atoms with Crippen LogP contribution in [0.5, 0.6) is 0 Å². The molecule has 1 unspecified atom stereocenters. The van der Waals surface area contributed by atoms with Crippen LogP contribution in [-0.2, 0) is 0 Å². The fourth-order valence-corrected chi connectivity index (χ4v) is 2.20. The Morgan fingerprint density at radius 2 is 2.32 bits per heavy atom. The van der Waals surface area contributed by atoms with Crippen LogP contribution in [0.25, 0.3) is 5.52 Å². The smallest absolute Gasteiger partial charge is 0.0892 e. The largest absolute Gasteiger partial charge is 0.310 e. The Morgan fingerprint density at radius 1 is 1.47 bits per heavy atom. The maximum Gasteiger partial charge on any atom is 0.0892 e. The second kappa shape index (κ2) is 6.48. The van der Waals surface area contributed by atoms with Crippen molar-refractivity contribution in [2.45, 2.75) is 39.2 Å². The van der Waals surface area contributed by atoms with Crippen molar-refractivity contribution in [1.82, 2.24) is 19.9 Å². The van der Waals surface area contributed by atoms with Crippen LogP contribution in [0.3, 0.4) is 0 Å². The molecule has 0 saturated carbocycles. The van der Waals surface area contributed by atoms with Crippen LogP contribution >= 0.6 is 0 Å². The van der Waals surface area contributed by atoms with Gasteiger partial charge in [-0.3, -0.25) is 4.98 Å². The summed E-state index contributed by atoms with van der Waals surface area (Å²) in [7, 11) is 0. The van der Waals surface area contributed by atoms with E-state index in [4.69, 9.17) is 0 Å². The predicted molar refractivity (Wildman–Crippen MR) is 78.1 cm³/mol. The van der Waals surface area contributed by atoms with E-state index >= 15 is 0 Å². The summed E-state index contributed by atoms with van der Waals surface area (Å²) in [4.78, 5) is 4.20. The van der Waals surface area contributed by atoms with E-state index in [-0.39, 0.29) is 0 Å². The lowest BCUT2D eigenvalue weighted by molar-refractivity contribution is 0.501. The van der Waals surface area contributed by atoms with Gasteiger partial charge in [-0.2, -0.15) is 5.10 Å². The Balaban J connectivity index is 2.23. The second-order valence-electron chi connectivity index (χ2n) is 5.01. The van der Waals surface area contributed by atoms with Crippen molar-refractivity contribution >= 4 is 5.52 Å². The molecular weight excluding hydrogens is 236 g/mol. The number of nitrogens with one attached hydrogen (secondary N) is 1. The van der Waals surface area contributed by atoms with Crippen LogP contribution in [-0.4, -0.2) is 21.1 Å². The van der Waals surface area contributed by atoms with E-state index in [1.165, 1.54) is 11.1 Å². The molecule has 0 aromatic carbocycles. The monoisotopic (exact) mass is 258 g/mol. The molecule has 4 nitrogen and oxygen atoms in total. The molecule has 19 heavy (non-hydrogen) atoms. The summed E-state index contributed by atoms with van der Waals surface area (Å²) in [6, 6.07) is 0.318. The molecule has 0 spiro atoms. The maximum absolute atomic E-state index is 4.39. The summed E-state index contributed by atoms with van der Waals surface area (Å²) in [5, 5.41) is 7.99. The van der Waals surface area contributed by atoms with E-state index in [0.717, 1.165) is 31.3 Å². The molecule has 0 amide bonds. The van der Waals surface area contributed by atoms with Crippen molar-refractivity contribution < 1.29 is 0 Å². The van der Waals surface area contributed by atoms with E-state index in [9.17, 15) is 0 Å². The second-order valence-corrected chi connectivity index (χ2v) is 5.01. The number of fused-ring (bicyclic) bond motifs is 1. The minimum Gasteiger partial charge on any atom is -0.310 e. The molecular formula is C15H22N4. The van der Waals surface area contributed by atoms with Crippen molar-refractivity contribution in [3.8, 4) is 0 Å². The van der Waals surface area contributed by atoms with Gasteiger partial charge in [0.05, 0.1) is 17.9 Å². The average Bonchev–Trinajstić information content (AvgIpc) is 2.83. The summed E-state index contributed by atoms with van der Waals surface area (Å²) in [5.74, 6) is 0. The lowest BCUT2D eigenvalue weighted by Crippen LogP contribution is -2.22. The summed E-state index contributed by atoms with van der Waals surface area (Å²) in [5.41, 5.74) is 3.53. The van der Waals surface area contributed by atoms with Gasteiger partial charge in [-0.1, -0.05) is 12.5 Å². The van der Waals surface area contributed by atoms with E-state index in [1.807, 2.05) is 23.1 Å². The Hall–Kier alpha value is -1.68. The van der Waals surface area contributed by atoms with Crippen LogP contribution in [0.1, 0.15) is 44.7 Å². The van der Waals surface area contributed by atoms with E-state index in [1.54, 1.807) is 6.20 Å². The number of rotatable bonds is 7. The highest BCUT2D eigenvalue weighted by atomic mass is 15.2. The van der Waals surface area contributed by atoms with Gasteiger partial charge in [-0.15, -0.1) is 6.58 Å². The molecule has 2 rings (SSSR count). The van der Waals surface area contributed by atoms with E-state index in [2.05, 4.69) is 35.8 Å². The molecule has 102 valence electrons. The highest BCUT2D eigenvalue weighted by molar-refractivity contribution is 5.53. The minimum absolute atomic E-state index is 0.318. The van der Waals surface area contributed by atoms with Crippen molar-refractivity contribution in [1.29, 1.82) is 0 Å². The quantitative estimate of drug-likeness (QED) is 0.776. The van der Waals surface area contributed by atoms with Gasteiger partial charge in [0.25, 0.3) is 0 Å². The molecule has 0 aliphatic carbocycles. The molecule has 2 aromatic heterocycles. The average molecular weight is 258 g/mol. The molecule has 0 saturated heterocycles. The molecule has 4 heteroatoms. The molecule has 1 atom stereocenters. The molecule has 0 radical (unpaired) electrons. The topological polar surface area (TPSA) is 42.2 Å². The minimum atomic E-state index is 0.318. The third-order valence-electron chi connectivity index (χ3n) is 3.23. The summed E-state index contributed by atoms with van der Waals surface area (Å²) >= 11 is 0. The van der Waals surface area contributed by atoms with Crippen LogP contribution in [0, 0.1) is 0 Å². The highest BCUT2D eigenvalue weighted by Crippen LogP contribution is 2.24. The van der Waals surface area contributed by atoms with Crippen molar-refractivity contribution in [2.75, 3.05) is 6.54 Å². The van der Waals surface area contributed by atoms with E-state index < -0.39 is 0 Å². The van der Waals surface area contributed by atoms with Crippen LogP contribution < -0.4 is 5.32 Å². The first-order chi connectivity index (χ1) is 9.22. The Kier molecular flexibility index (Phi) is 4.68. The molecule has 0 aliphatic heterocycles. The molecule has 2 aromatic rings. The molecule has 0 aliphatic rings. The number of aromatic nitrogens is 3. The Morgan fingerprint density at radius 3 is 3.05 bits per heavy atom. The first kappa shape index (κ1) is 13.7. The maximum atomic E-state index is 4.39. The van der Waals surface area contributed by atoms with Gasteiger partial charge in [0.2, 0.25) is 0 Å². The Bertz CT molecular complexity index is 544. The number of nitrogens with zero attached hydrogens (tertiary/aromatic N) is 3. The van der Waals surface area contributed by atoms with Crippen molar-refractivity contribution in [3.05, 3.63) is 42.5 Å². The zero-order valence-corrected chi connectivity index (χ0v) is 11.8. The zero-order valence-electron chi connectivity index (χ0n) is 11.8. The highest BCUT2D eigenvalue weighted by Gasteiger charge is 2.15. The fourth-order valence-electron chi connectivity index (χ4n) is 2.20. The SMILES string of the molecule is C=C(C)CCC(NCCC)c1cnn2ccncc12. The summed E-state index contributed by atoms with van der Waals surface area (Å²) in [6.07, 6.45) is 10.7. The Labute approximate surface area is 114 Å². The van der Waals surface area contributed by atoms with Crippen LogP contribution in [0.15, 0.2) is 36.9 Å². The molecule has 0 bridgehead atoms. The van der Waals surface area contributed by atoms with Crippen LogP contribution in [0.2, 0.25) is 0 Å².